The maximum Gasteiger partial charge on any atom is 0.331 e. The van der Waals surface area contributed by atoms with Crippen molar-refractivity contribution < 1.29 is 9.53 Å². The first-order valence-corrected chi connectivity index (χ1v) is 6.07. The van der Waals surface area contributed by atoms with Gasteiger partial charge in [-0.1, -0.05) is 18.1 Å². The third kappa shape index (κ3) is 4.21. The lowest BCUT2D eigenvalue weighted by molar-refractivity contribution is -0.154. The smallest absolute Gasteiger partial charge is 0.331 e. The van der Waals surface area contributed by atoms with Gasteiger partial charge in [0.2, 0.25) is 0 Å². The van der Waals surface area contributed by atoms with Crippen molar-refractivity contribution in [3.8, 4) is 0 Å². The Bertz CT molecular complexity index is 291. The fraction of sp³-hybridized carbons (Fsp3) is 0.643. The van der Waals surface area contributed by atoms with Crippen molar-refractivity contribution >= 4 is 5.97 Å². The van der Waals surface area contributed by atoms with E-state index in [9.17, 15) is 4.79 Å². The first-order valence-electron chi connectivity index (χ1n) is 6.07. The lowest BCUT2D eigenvalue weighted by Crippen LogP contribution is -2.34. The summed E-state index contributed by atoms with van der Waals surface area (Å²) in [6.07, 6.45) is 9.95. The number of hydrogen-bond donors (Lipinski definition) is 0. The van der Waals surface area contributed by atoms with Gasteiger partial charge in [0.1, 0.15) is 5.60 Å². The normalized spacial score (nSPS) is 24.9. The summed E-state index contributed by atoms with van der Waals surface area (Å²) in [6, 6.07) is 0. The molecular formula is C14H22O2. The number of ether oxygens (including phenoxy) is 1. The SMILES string of the molecule is C=CCCCCCC1(C)CC(C)=CC(=O)O1. The lowest BCUT2D eigenvalue weighted by atomic mass is 9.89. The summed E-state index contributed by atoms with van der Waals surface area (Å²) in [7, 11) is 0. The van der Waals surface area contributed by atoms with Crippen LogP contribution in [0.25, 0.3) is 0 Å². The second-order valence-corrected chi connectivity index (χ2v) is 4.93. The molecule has 90 valence electrons. The van der Waals surface area contributed by atoms with Gasteiger partial charge in [0.25, 0.3) is 0 Å². The minimum atomic E-state index is -0.274. The highest BCUT2D eigenvalue weighted by Crippen LogP contribution is 2.30. The van der Waals surface area contributed by atoms with Crippen LogP contribution < -0.4 is 0 Å². The number of cyclic esters (lactones) is 1. The highest BCUT2D eigenvalue weighted by Gasteiger charge is 2.31. The number of esters is 1. The van der Waals surface area contributed by atoms with Gasteiger partial charge in [0.05, 0.1) is 0 Å². The molecule has 0 N–H and O–H groups in total. The van der Waals surface area contributed by atoms with E-state index in [1.165, 1.54) is 12.8 Å². The van der Waals surface area contributed by atoms with E-state index in [1.807, 2.05) is 19.9 Å². The van der Waals surface area contributed by atoms with Crippen LogP contribution in [0.4, 0.5) is 0 Å². The van der Waals surface area contributed by atoms with Gasteiger partial charge in [0.15, 0.2) is 0 Å². The molecule has 2 heteroatoms. The van der Waals surface area contributed by atoms with Crippen molar-refractivity contribution in [3.63, 3.8) is 0 Å². The molecule has 0 saturated heterocycles. The van der Waals surface area contributed by atoms with E-state index in [4.69, 9.17) is 4.74 Å². The molecule has 0 aromatic rings. The Morgan fingerprint density at radius 3 is 2.88 bits per heavy atom. The molecule has 1 atom stereocenters. The molecule has 1 aliphatic rings. The molecule has 0 aromatic carbocycles. The van der Waals surface area contributed by atoms with Crippen LogP contribution in [0.15, 0.2) is 24.3 Å². The fourth-order valence-corrected chi connectivity index (χ4v) is 2.25. The van der Waals surface area contributed by atoms with E-state index in [2.05, 4.69) is 6.58 Å². The molecule has 0 bridgehead atoms. The molecule has 1 rings (SSSR count). The van der Waals surface area contributed by atoms with E-state index in [1.54, 1.807) is 6.08 Å². The van der Waals surface area contributed by atoms with Crippen molar-refractivity contribution in [1.29, 1.82) is 0 Å². The van der Waals surface area contributed by atoms with Gasteiger partial charge in [-0.3, -0.25) is 0 Å². The van der Waals surface area contributed by atoms with Gasteiger partial charge in [0, 0.05) is 12.5 Å². The van der Waals surface area contributed by atoms with Gasteiger partial charge in [-0.05, 0) is 39.5 Å². The summed E-state index contributed by atoms with van der Waals surface area (Å²) in [5.41, 5.74) is 0.856. The number of hydrogen-bond acceptors (Lipinski definition) is 2. The van der Waals surface area contributed by atoms with Gasteiger partial charge >= 0.3 is 5.97 Å². The summed E-state index contributed by atoms with van der Waals surface area (Å²) < 4.78 is 5.42. The first kappa shape index (κ1) is 13.0. The third-order valence-corrected chi connectivity index (χ3v) is 2.98. The zero-order valence-electron chi connectivity index (χ0n) is 10.4. The van der Waals surface area contributed by atoms with Crippen LogP contribution in [0.5, 0.6) is 0 Å². The molecule has 1 aliphatic heterocycles. The number of carbonyl (C=O) groups excluding carboxylic acids is 1. The van der Waals surface area contributed by atoms with Crippen LogP contribution in [0.3, 0.4) is 0 Å². The van der Waals surface area contributed by atoms with E-state index < -0.39 is 0 Å². The first-order chi connectivity index (χ1) is 7.56. The predicted octanol–water partition coefficient (Wildman–Crippen LogP) is 3.77. The molecule has 16 heavy (non-hydrogen) atoms. The van der Waals surface area contributed by atoms with Crippen molar-refractivity contribution in [3.05, 3.63) is 24.3 Å². The molecule has 0 aromatic heterocycles. The van der Waals surface area contributed by atoms with Crippen LogP contribution in [-0.2, 0) is 9.53 Å². The Hall–Kier alpha value is -1.05. The molecule has 0 spiro atoms. The topological polar surface area (TPSA) is 26.3 Å². The minimum absolute atomic E-state index is 0.183. The zero-order chi connectivity index (χ0) is 12.0. The van der Waals surface area contributed by atoms with Crippen LogP contribution in [0.1, 0.15) is 52.4 Å². The molecule has 0 aliphatic carbocycles. The molecular weight excluding hydrogens is 200 g/mol. The van der Waals surface area contributed by atoms with Crippen molar-refractivity contribution in [1.82, 2.24) is 0 Å². The average Bonchev–Trinajstić information content (AvgIpc) is 2.15. The van der Waals surface area contributed by atoms with E-state index >= 15 is 0 Å². The maximum absolute atomic E-state index is 11.3. The van der Waals surface area contributed by atoms with Crippen LogP contribution in [-0.4, -0.2) is 11.6 Å². The van der Waals surface area contributed by atoms with Gasteiger partial charge < -0.3 is 4.74 Å². The third-order valence-electron chi connectivity index (χ3n) is 2.98. The Labute approximate surface area is 98.4 Å². The van der Waals surface area contributed by atoms with Crippen LogP contribution in [0.2, 0.25) is 0 Å². The molecule has 1 heterocycles. The summed E-state index contributed by atoms with van der Waals surface area (Å²) in [5.74, 6) is -0.183. The zero-order valence-corrected chi connectivity index (χ0v) is 10.4. The number of allylic oxidation sites excluding steroid dienone is 1. The van der Waals surface area contributed by atoms with Crippen molar-refractivity contribution in [2.45, 2.75) is 58.0 Å². The van der Waals surface area contributed by atoms with Gasteiger partial charge in [-0.15, -0.1) is 6.58 Å². The fourth-order valence-electron chi connectivity index (χ4n) is 2.25. The Morgan fingerprint density at radius 2 is 2.25 bits per heavy atom. The summed E-state index contributed by atoms with van der Waals surface area (Å²) >= 11 is 0. The summed E-state index contributed by atoms with van der Waals surface area (Å²) in [6.45, 7) is 7.74. The minimum Gasteiger partial charge on any atom is -0.456 e. The van der Waals surface area contributed by atoms with E-state index in [-0.39, 0.29) is 11.6 Å². The molecule has 0 saturated carbocycles. The predicted molar refractivity (Wildman–Crippen MR) is 66.2 cm³/mol. The number of carbonyl (C=O) groups is 1. The Morgan fingerprint density at radius 1 is 1.50 bits per heavy atom. The van der Waals surface area contributed by atoms with Crippen LogP contribution in [0, 0.1) is 0 Å². The summed E-state index contributed by atoms with van der Waals surface area (Å²) in [5, 5.41) is 0. The van der Waals surface area contributed by atoms with Gasteiger partial charge in [-0.2, -0.15) is 0 Å². The average molecular weight is 222 g/mol. The van der Waals surface area contributed by atoms with Crippen molar-refractivity contribution in [2.24, 2.45) is 0 Å². The second kappa shape index (κ2) is 5.88. The summed E-state index contributed by atoms with van der Waals surface area (Å²) in [4.78, 5) is 11.3. The largest absolute Gasteiger partial charge is 0.456 e. The molecule has 0 radical (unpaired) electrons. The Kier molecular flexibility index (Phi) is 4.78. The molecule has 2 nitrogen and oxygen atoms in total. The Balaban J connectivity index is 2.32. The van der Waals surface area contributed by atoms with Gasteiger partial charge in [-0.25, -0.2) is 4.79 Å². The van der Waals surface area contributed by atoms with Crippen LogP contribution >= 0.6 is 0 Å². The van der Waals surface area contributed by atoms with Crippen molar-refractivity contribution in [2.75, 3.05) is 0 Å². The number of unbranched alkanes of at least 4 members (excludes halogenated alkanes) is 3. The second-order valence-electron chi connectivity index (χ2n) is 4.93. The monoisotopic (exact) mass is 222 g/mol. The molecule has 1 unspecified atom stereocenters. The lowest BCUT2D eigenvalue weighted by Gasteiger charge is -2.32. The van der Waals surface area contributed by atoms with E-state index in [0.29, 0.717) is 0 Å². The number of rotatable bonds is 6. The standard InChI is InChI=1S/C14H22O2/c1-4-5-6-7-8-9-14(3)11-12(2)10-13(15)16-14/h4,10H,1,5-9,11H2,2-3H3. The molecule has 0 fully saturated rings. The highest BCUT2D eigenvalue weighted by atomic mass is 16.6. The molecule has 0 amide bonds. The highest BCUT2D eigenvalue weighted by molar-refractivity contribution is 5.84. The quantitative estimate of drug-likeness (QED) is 0.388. The maximum atomic E-state index is 11.3. The van der Waals surface area contributed by atoms with E-state index in [0.717, 1.165) is 31.3 Å².